The van der Waals surface area contributed by atoms with Gasteiger partial charge in [-0.2, -0.15) is 0 Å². The third-order valence-corrected chi connectivity index (χ3v) is 3.14. The highest BCUT2D eigenvalue weighted by atomic mass is 79.9. The van der Waals surface area contributed by atoms with Gasteiger partial charge in [0.05, 0.1) is 10.2 Å². The van der Waals surface area contributed by atoms with Gasteiger partial charge in [-0.3, -0.25) is 0 Å². The van der Waals surface area contributed by atoms with Gasteiger partial charge in [0.2, 0.25) is 0 Å². The molecule has 2 rings (SSSR count). The first-order valence-corrected chi connectivity index (χ1v) is 5.05. The van der Waals surface area contributed by atoms with Crippen LogP contribution in [0.2, 0.25) is 5.15 Å². The molecule has 0 atom stereocenters. The molecular weight excluding hydrogens is 267 g/mol. The summed E-state index contributed by atoms with van der Waals surface area (Å²) in [6.07, 6.45) is 3.36. The molecule has 0 aliphatic carbocycles. The van der Waals surface area contributed by atoms with E-state index in [1.165, 1.54) is 0 Å². The van der Waals surface area contributed by atoms with E-state index in [9.17, 15) is 0 Å². The van der Waals surface area contributed by atoms with Crippen LogP contribution in [0.1, 0.15) is 5.69 Å². The quantitative estimate of drug-likeness (QED) is 0.813. The van der Waals surface area contributed by atoms with Gasteiger partial charge in [-0.25, -0.2) is 15.0 Å². The molecular formula is C8H6BrClN4. The number of rotatable bonds is 1. The average Bonchev–Trinajstić information content (AvgIpc) is 2.66. The molecule has 0 aliphatic heterocycles. The highest BCUT2D eigenvalue weighted by Gasteiger charge is 2.09. The zero-order chi connectivity index (χ0) is 10.1. The predicted octanol–water partition coefficient (Wildman–Crippen LogP) is 2.59. The molecule has 1 N–H and O–H groups in total. The van der Waals surface area contributed by atoms with Gasteiger partial charge in [-0.1, -0.05) is 11.6 Å². The SMILES string of the molecule is Cc1nc(-c2ncc[nH]2)nc(Cl)c1Br. The van der Waals surface area contributed by atoms with Crippen LogP contribution in [0, 0.1) is 6.92 Å². The lowest BCUT2D eigenvalue weighted by atomic mass is 10.4. The number of nitrogens with one attached hydrogen (secondary N) is 1. The highest BCUT2D eigenvalue weighted by Crippen LogP contribution is 2.24. The van der Waals surface area contributed by atoms with Crippen molar-refractivity contribution in [1.29, 1.82) is 0 Å². The van der Waals surface area contributed by atoms with Gasteiger partial charge < -0.3 is 4.98 Å². The summed E-state index contributed by atoms with van der Waals surface area (Å²) in [5.41, 5.74) is 0.788. The van der Waals surface area contributed by atoms with E-state index in [0.717, 1.165) is 10.2 Å². The first-order chi connectivity index (χ1) is 6.68. The maximum absolute atomic E-state index is 5.90. The second-order valence-electron chi connectivity index (χ2n) is 2.68. The standard InChI is InChI=1S/C8H6BrClN4/c1-4-5(9)6(10)14-8(13-4)7-11-2-3-12-7/h2-3H,1H3,(H,11,12). The summed E-state index contributed by atoms with van der Waals surface area (Å²) in [6.45, 7) is 1.85. The lowest BCUT2D eigenvalue weighted by molar-refractivity contribution is 1.06. The number of aryl methyl sites for hydroxylation is 1. The molecule has 0 bridgehead atoms. The Labute approximate surface area is 93.9 Å². The van der Waals surface area contributed by atoms with E-state index < -0.39 is 0 Å². The van der Waals surface area contributed by atoms with Gasteiger partial charge >= 0.3 is 0 Å². The molecule has 14 heavy (non-hydrogen) atoms. The monoisotopic (exact) mass is 272 g/mol. The van der Waals surface area contributed by atoms with E-state index in [0.29, 0.717) is 16.8 Å². The number of nitrogens with zero attached hydrogens (tertiary/aromatic N) is 3. The Hall–Kier alpha value is -0.940. The van der Waals surface area contributed by atoms with Crippen LogP contribution in [-0.4, -0.2) is 19.9 Å². The van der Waals surface area contributed by atoms with Crippen molar-refractivity contribution in [2.45, 2.75) is 6.92 Å². The van der Waals surface area contributed by atoms with Crippen molar-refractivity contribution in [1.82, 2.24) is 19.9 Å². The summed E-state index contributed by atoms with van der Waals surface area (Å²) >= 11 is 9.19. The van der Waals surface area contributed by atoms with Crippen molar-refractivity contribution < 1.29 is 0 Å². The van der Waals surface area contributed by atoms with Gasteiger partial charge in [0.25, 0.3) is 0 Å². The van der Waals surface area contributed by atoms with Gasteiger partial charge in [-0.05, 0) is 22.9 Å². The molecule has 2 heterocycles. The van der Waals surface area contributed by atoms with Gasteiger partial charge in [0.15, 0.2) is 11.6 Å². The van der Waals surface area contributed by atoms with Crippen molar-refractivity contribution in [2.24, 2.45) is 0 Å². The predicted molar refractivity (Wildman–Crippen MR) is 57.1 cm³/mol. The Balaban J connectivity index is 2.57. The van der Waals surface area contributed by atoms with Crippen LogP contribution in [0.5, 0.6) is 0 Å². The normalized spacial score (nSPS) is 10.5. The molecule has 6 heteroatoms. The van der Waals surface area contributed by atoms with Gasteiger partial charge in [0.1, 0.15) is 5.15 Å². The third kappa shape index (κ3) is 1.65. The van der Waals surface area contributed by atoms with Crippen LogP contribution in [0.3, 0.4) is 0 Å². The lowest BCUT2D eigenvalue weighted by Gasteiger charge is -2.01. The first-order valence-electron chi connectivity index (χ1n) is 3.88. The van der Waals surface area contributed by atoms with Gasteiger partial charge in [0, 0.05) is 12.4 Å². The minimum absolute atomic E-state index is 0.393. The Morgan fingerprint density at radius 3 is 2.79 bits per heavy atom. The molecule has 0 aromatic carbocycles. The zero-order valence-electron chi connectivity index (χ0n) is 7.25. The molecule has 0 saturated heterocycles. The second-order valence-corrected chi connectivity index (χ2v) is 3.83. The number of aromatic amines is 1. The average molecular weight is 274 g/mol. The molecule has 72 valence electrons. The highest BCUT2D eigenvalue weighted by molar-refractivity contribution is 9.10. The molecule has 2 aromatic heterocycles. The van der Waals surface area contributed by atoms with Crippen LogP contribution in [-0.2, 0) is 0 Å². The molecule has 4 nitrogen and oxygen atoms in total. The molecule has 0 aliphatic rings. The number of halogens is 2. The summed E-state index contributed by atoms with van der Waals surface area (Å²) < 4.78 is 0.717. The number of H-pyrrole nitrogens is 1. The van der Waals surface area contributed by atoms with E-state index in [2.05, 4.69) is 35.9 Å². The van der Waals surface area contributed by atoms with E-state index in [-0.39, 0.29) is 0 Å². The maximum atomic E-state index is 5.90. The fourth-order valence-electron chi connectivity index (χ4n) is 1.02. The number of aromatic nitrogens is 4. The molecule has 0 spiro atoms. The first kappa shape index (κ1) is 9.61. The summed E-state index contributed by atoms with van der Waals surface area (Å²) in [6, 6.07) is 0. The molecule has 0 fully saturated rings. The van der Waals surface area contributed by atoms with E-state index in [4.69, 9.17) is 11.6 Å². The topological polar surface area (TPSA) is 54.5 Å². The molecule has 0 saturated carbocycles. The van der Waals surface area contributed by atoms with E-state index in [1.807, 2.05) is 6.92 Å². The van der Waals surface area contributed by atoms with Gasteiger partial charge in [-0.15, -0.1) is 0 Å². The minimum atomic E-state index is 0.393. The van der Waals surface area contributed by atoms with E-state index >= 15 is 0 Å². The van der Waals surface area contributed by atoms with Crippen molar-refractivity contribution >= 4 is 27.5 Å². The maximum Gasteiger partial charge on any atom is 0.197 e. The van der Waals surface area contributed by atoms with Crippen LogP contribution < -0.4 is 0 Å². The summed E-state index contributed by atoms with van der Waals surface area (Å²) in [5.74, 6) is 1.11. The van der Waals surface area contributed by atoms with Crippen LogP contribution in [0.25, 0.3) is 11.6 Å². The van der Waals surface area contributed by atoms with Crippen LogP contribution in [0.4, 0.5) is 0 Å². The lowest BCUT2D eigenvalue weighted by Crippen LogP contribution is -1.95. The largest absolute Gasteiger partial charge is 0.342 e. The fourth-order valence-corrected chi connectivity index (χ4v) is 1.41. The van der Waals surface area contributed by atoms with Crippen molar-refractivity contribution in [3.8, 4) is 11.6 Å². The summed E-state index contributed by atoms with van der Waals surface area (Å²) in [5, 5.41) is 0.393. The van der Waals surface area contributed by atoms with E-state index in [1.54, 1.807) is 12.4 Å². The van der Waals surface area contributed by atoms with Crippen LogP contribution >= 0.6 is 27.5 Å². The van der Waals surface area contributed by atoms with Crippen LogP contribution in [0.15, 0.2) is 16.9 Å². The smallest absolute Gasteiger partial charge is 0.197 e. The molecule has 2 aromatic rings. The van der Waals surface area contributed by atoms with Crippen molar-refractivity contribution in [2.75, 3.05) is 0 Å². The number of hydrogen-bond donors (Lipinski definition) is 1. The Morgan fingerprint density at radius 2 is 2.21 bits per heavy atom. The number of imidazole rings is 1. The Bertz CT molecular complexity index is 431. The molecule has 0 amide bonds. The Morgan fingerprint density at radius 1 is 1.43 bits per heavy atom. The van der Waals surface area contributed by atoms with Crippen molar-refractivity contribution in [3.63, 3.8) is 0 Å². The molecule has 0 unspecified atom stereocenters. The fraction of sp³-hybridized carbons (Fsp3) is 0.125. The van der Waals surface area contributed by atoms with Crippen molar-refractivity contribution in [3.05, 3.63) is 27.7 Å². The molecule has 0 radical (unpaired) electrons. The zero-order valence-corrected chi connectivity index (χ0v) is 9.59. The summed E-state index contributed by atoms with van der Waals surface area (Å²) in [4.78, 5) is 15.3. The minimum Gasteiger partial charge on any atom is -0.342 e. The number of hydrogen-bond acceptors (Lipinski definition) is 3. The second kappa shape index (κ2) is 3.67. The Kier molecular flexibility index (Phi) is 2.52. The summed E-state index contributed by atoms with van der Waals surface area (Å²) in [7, 11) is 0. The third-order valence-electron chi connectivity index (χ3n) is 1.69.